The number of hydrogen-bond donors (Lipinski definition) is 3. The van der Waals surface area contributed by atoms with Crippen molar-refractivity contribution in [1.29, 1.82) is 0 Å². The molecule has 206 valence electrons. The highest BCUT2D eigenvalue weighted by molar-refractivity contribution is 6.03. The number of methoxy groups -OCH3 is 1. The molecule has 0 aromatic heterocycles. The van der Waals surface area contributed by atoms with Gasteiger partial charge in [-0.25, -0.2) is 0 Å². The van der Waals surface area contributed by atoms with Crippen LogP contribution in [0.25, 0.3) is 0 Å². The standard InChI is InChI=1S/C30H33N3O5.ClH/c1-3-38-28-14-24-22(18-33(30(24)36)17-19-7-6-10-23(11-19)37-2)12-25(28)29(35)32-16-27(34)26-13-20-8-4-5-9-21(20)15-31-26;/h4-12,14,26-27,31,34H,3,13,15-18H2,1-2H3,(H,32,35);1H. The molecule has 0 saturated heterocycles. The molecule has 2 aliphatic heterocycles. The highest BCUT2D eigenvalue weighted by atomic mass is 35.5. The van der Waals surface area contributed by atoms with E-state index in [4.69, 9.17) is 9.47 Å². The molecule has 5 rings (SSSR count). The summed E-state index contributed by atoms with van der Waals surface area (Å²) < 4.78 is 11.1. The second-order valence-electron chi connectivity index (χ2n) is 9.69. The van der Waals surface area contributed by atoms with E-state index in [1.54, 1.807) is 24.1 Å². The third-order valence-corrected chi connectivity index (χ3v) is 7.19. The first-order valence-corrected chi connectivity index (χ1v) is 12.9. The van der Waals surface area contributed by atoms with E-state index in [1.807, 2.05) is 43.3 Å². The van der Waals surface area contributed by atoms with E-state index < -0.39 is 6.10 Å². The fourth-order valence-electron chi connectivity index (χ4n) is 5.16. The highest BCUT2D eigenvalue weighted by Gasteiger charge is 2.31. The van der Waals surface area contributed by atoms with Crippen molar-refractivity contribution in [2.45, 2.75) is 45.1 Å². The third-order valence-electron chi connectivity index (χ3n) is 7.19. The van der Waals surface area contributed by atoms with Crippen molar-refractivity contribution in [1.82, 2.24) is 15.5 Å². The van der Waals surface area contributed by atoms with Crippen LogP contribution >= 0.6 is 12.4 Å². The van der Waals surface area contributed by atoms with Crippen LogP contribution in [0.4, 0.5) is 0 Å². The van der Waals surface area contributed by atoms with Crippen molar-refractivity contribution in [2.24, 2.45) is 0 Å². The second kappa shape index (κ2) is 12.5. The summed E-state index contributed by atoms with van der Waals surface area (Å²) in [6.07, 6.45) is -0.0567. The number of carbonyl (C=O) groups is 2. The third kappa shape index (κ3) is 6.19. The molecule has 3 aromatic carbocycles. The second-order valence-corrected chi connectivity index (χ2v) is 9.69. The Balaban J connectivity index is 0.00000353. The van der Waals surface area contributed by atoms with Gasteiger partial charge in [0.15, 0.2) is 0 Å². The Morgan fingerprint density at radius 1 is 1.13 bits per heavy atom. The number of hydrogen-bond acceptors (Lipinski definition) is 6. The van der Waals surface area contributed by atoms with Gasteiger partial charge >= 0.3 is 0 Å². The molecule has 0 radical (unpaired) electrons. The number of ether oxygens (including phenoxy) is 2. The number of halogens is 1. The fraction of sp³-hybridized carbons (Fsp3) is 0.333. The monoisotopic (exact) mass is 551 g/mol. The van der Waals surface area contributed by atoms with Crippen LogP contribution in [0.3, 0.4) is 0 Å². The van der Waals surface area contributed by atoms with E-state index in [2.05, 4.69) is 22.8 Å². The zero-order valence-corrected chi connectivity index (χ0v) is 22.9. The predicted octanol–water partition coefficient (Wildman–Crippen LogP) is 3.48. The predicted molar refractivity (Wildman–Crippen MR) is 151 cm³/mol. The number of carbonyl (C=O) groups excluding carboxylic acids is 2. The molecule has 9 heteroatoms. The van der Waals surface area contributed by atoms with Crippen molar-refractivity contribution < 1.29 is 24.2 Å². The molecule has 2 aliphatic rings. The van der Waals surface area contributed by atoms with Crippen molar-refractivity contribution in [3.8, 4) is 11.5 Å². The summed E-state index contributed by atoms with van der Waals surface area (Å²) in [4.78, 5) is 28.1. The number of nitrogens with one attached hydrogen (secondary N) is 2. The molecular weight excluding hydrogens is 518 g/mol. The maximum absolute atomic E-state index is 13.2. The summed E-state index contributed by atoms with van der Waals surface area (Å²) in [5.74, 6) is 0.652. The molecule has 0 bridgehead atoms. The summed E-state index contributed by atoms with van der Waals surface area (Å²) in [5.41, 5.74) is 5.07. The Labute approximate surface area is 234 Å². The van der Waals surface area contributed by atoms with Crippen LogP contribution in [-0.2, 0) is 26.1 Å². The van der Waals surface area contributed by atoms with E-state index in [-0.39, 0.29) is 36.8 Å². The van der Waals surface area contributed by atoms with Gasteiger partial charge in [-0.3, -0.25) is 9.59 Å². The quantitative estimate of drug-likeness (QED) is 0.376. The minimum absolute atomic E-state index is 0. The van der Waals surface area contributed by atoms with Gasteiger partial charge in [-0.05, 0) is 59.9 Å². The average molecular weight is 552 g/mol. The minimum Gasteiger partial charge on any atom is -0.497 e. The van der Waals surface area contributed by atoms with Gasteiger partial charge in [0.1, 0.15) is 11.5 Å². The first-order valence-electron chi connectivity index (χ1n) is 12.9. The molecule has 0 saturated carbocycles. The van der Waals surface area contributed by atoms with Gasteiger partial charge in [0, 0.05) is 37.8 Å². The zero-order chi connectivity index (χ0) is 26.6. The van der Waals surface area contributed by atoms with Crippen molar-refractivity contribution in [3.63, 3.8) is 0 Å². The Bertz CT molecular complexity index is 1350. The van der Waals surface area contributed by atoms with Gasteiger partial charge < -0.3 is 30.1 Å². The Morgan fingerprint density at radius 2 is 1.92 bits per heavy atom. The summed E-state index contributed by atoms with van der Waals surface area (Å²) in [5, 5.41) is 17.0. The van der Waals surface area contributed by atoms with Crippen LogP contribution in [0.1, 0.15) is 49.9 Å². The topological polar surface area (TPSA) is 100 Å². The lowest BCUT2D eigenvalue weighted by Gasteiger charge is -2.30. The molecule has 3 aromatic rings. The van der Waals surface area contributed by atoms with Crippen molar-refractivity contribution in [3.05, 3.63) is 94.0 Å². The lowest BCUT2D eigenvalue weighted by atomic mass is 9.93. The van der Waals surface area contributed by atoms with E-state index in [1.165, 1.54) is 11.1 Å². The van der Waals surface area contributed by atoms with Crippen molar-refractivity contribution in [2.75, 3.05) is 20.3 Å². The molecule has 2 unspecified atom stereocenters. The molecule has 2 heterocycles. The van der Waals surface area contributed by atoms with Crippen LogP contribution in [0.2, 0.25) is 0 Å². The van der Waals surface area contributed by atoms with Gasteiger partial charge in [0.25, 0.3) is 11.8 Å². The number of benzene rings is 3. The largest absolute Gasteiger partial charge is 0.497 e. The van der Waals surface area contributed by atoms with Gasteiger partial charge in [-0.15, -0.1) is 12.4 Å². The Kier molecular flexibility index (Phi) is 9.12. The molecule has 3 N–H and O–H groups in total. The maximum atomic E-state index is 13.2. The zero-order valence-electron chi connectivity index (χ0n) is 22.1. The Hall–Kier alpha value is -3.59. The van der Waals surface area contributed by atoms with Crippen molar-refractivity contribution >= 4 is 24.2 Å². The molecular formula is C30H34ClN3O5. The van der Waals surface area contributed by atoms with Crippen LogP contribution in [0.5, 0.6) is 11.5 Å². The highest BCUT2D eigenvalue weighted by Crippen LogP contribution is 2.32. The molecule has 2 amide bonds. The number of rotatable bonds is 9. The first kappa shape index (κ1) is 28.4. The average Bonchev–Trinajstić information content (AvgIpc) is 3.24. The van der Waals surface area contributed by atoms with Crippen LogP contribution in [-0.4, -0.2) is 54.2 Å². The summed E-state index contributed by atoms with van der Waals surface area (Å²) in [7, 11) is 1.61. The van der Waals surface area contributed by atoms with Crippen LogP contribution in [0, 0.1) is 0 Å². The molecule has 0 fully saturated rings. The maximum Gasteiger partial charge on any atom is 0.255 e. The van der Waals surface area contributed by atoms with Gasteiger partial charge in [0.2, 0.25) is 0 Å². The number of aliphatic hydroxyl groups excluding tert-OH is 1. The fourth-order valence-corrected chi connectivity index (χ4v) is 5.16. The van der Waals surface area contributed by atoms with Gasteiger partial charge in [-0.1, -0.05) is 36.4 Å². The molecule has 39 heavy (non-hydrogen) atoms. The SMILES string of the molecule is CCOc1cc2c(cc1C(=O)NCC(O)C1Cc3ccccc3CN1)CN(Cc1cccc(OC)c1)C2=O.Cl. The number of nitrogens with zero attached hydrogens (tertiary/aromatic N) is 1. The van der Waals surface area contributed by atoms with Gasteiger partial charge in [0.05, 0.1) is 25.4 Å². The summed E-state index contributed by atoms with van der Waals surface area (Å²) in [6.45, 7) is 3.80. The normalized spacial score (nSPS) is 16.5. The summed E-state index contributed by atoms with van der Waals surface area (Å²) >= 11 is 0. The molecule has 0 spiro atoms. The number of amides is 2. The van der Waals surface area contributed by atoms with E-state index in [0.717, 1.165) is 16.9 Å². The lowest BCUT2D eigenvalue weighted by Crippen LogP contribution is -2.49. The van der Waals surface area contributed by atoms with Crippen LogP contribution < -0.4 is 20.1 Å². The number of fused-ring (bicyclic) bond motifs is 2. The minimum atomic E-state index is -0.753. The summed E-state index contributed by atoms with van der Waals surface area (Å²) in [6, 6.07) is 19.0. The molecule has 8 nitrogen and oxygen atoms in total. The van der Waals surface area contributed by atoms with E-state index in [9.17, 15) is 14.7 Å². The Morgan fingerprint density at radius 3 is 2.69 bits per heavy atom. The first-order chi connectivity index (χ1) is 18.5. The van der Waals surface area contributed by atoms with E-state index >= 15 is 0 Å². The van der Waals surface area contributed by atoms with E-state index in [0.29, 0.717) is 49.5 Å². The smallest absolute Gasteiger partial charge is 0.255 e. The van der Waals surface area contributed by atoms with Gasteiger partial charge in [-0.2, -0.15) is 0 Å². The number of aliphatic hydroxyl groups is 1. The lowest BCUT2D eigenvalue weighted by molar-refractivity contribution is 0.0766. The molecule has 2 atom stereocenters. The molecule has 0 aliphatic carbocycles. The van der Waals surface area contributed by atoms with Crippen LogP contribution in [0.15, 0.2) is 60.7 Å².